The minimum atomic E-state index is -6.00. The highest BCUT2D eigenvalue weighted by atomic mass is 35.5. The molecule has 2 saturated heterocycles. The fourth-order valence-corrected chi connectivity index (χ4v) is 6.12. The van der Waals surface area contributed by atoms with Crippen molar-refractivity contribution in [1.82, 2.24) is 19.4 Å². The maximum atomic E-state index is 14.1. The second-order valence-corrected chi connectivity index (χ2v) is 12.2. The highest BCUT2D eigenvalue weighted by Gasteiger charge is 2.71. The van der Waals surface area contributed by atoms with E-state index in [1.54, 1.807) is 22.8 Å². The fourth-order valence-electron chi connectivity index (χ4n) is 5.97. The number of likely N-dealkylation sites (tertiary alicyclic amines) is 1. The number of nitrogens with zero attached hydrogens (tertiary/aromatic N) is 4. The van der Waals surface area contributed by atoms with E-state index in [2.05, 4.69) is 14.9 Å². The lowest BCUT2D eigenvalue weighted by molar-refractivity contribution is -0.376. The van der Waals surface area contributed by atoms with Crippen LogP contribution in [0.2, 0.25) is 5.02 Å². The third-order valence-electron chi connectivity index (χ3n) is 8.75. The molecule has 4 aromatic rings. The summed E-state index contributed by atoms with van der Waals surface area (Å²) < 4.78 is 109. The molecule has 2 fully saturated rings. The number of hydrogen-bond acceptors (Lipinski definition) is 6. The Hall–Kier alpha value is -3.46. The SMILES string of the molecule is OC(c1ccc2c(c1)nc(CN1CCC(c3cccc(OCc4ccc(Cl)cc4F)n3)CC1)n2C[C@@H]1CCO1)(C(F)(F)F)C(F)(F)F. The van der Waals surface area contributed by atoms with Crippen LogP contribution in [0.1, 0.15) is 47.8 Å². The summed E-state index contributed by atoms with van der Waals surface area (Å²) in [6.07, 6.45) is -9.94. The van der Waals surface area contributed by atoms with Crippen LogP contribution in [0.3, 0.4) is 0 Å². The quantitative estimate of drug-likeness (QED) is 0.187. The van der Waals surface area contributed by atoms with E-state index < -0.39 is 29.3 Å². The lowest BCUT2D eigenvalue weighted by Gasteiger charge is -2.32. The van der Waals surface area contributed by atoms with Crippen LogP contribution in [0.4, 0.5) is 30.7 Å². The van der Waals surface area contributed by atoms with Gasteiger partial charge in [0.25, 0.3) is 5.60 Å². The molecule has 7 nitrogen and oxygen atoms in total. The minimum absolute atomic E-state index is 0.0159. The Labute approximate surface area is 269 Å². The van der Waals surface area contributed by atoms with Crippen LogP contribution in [0.25, 0.3) is 11.0 Å². The molecule has 0 aliphatic carbocycles. The Balaban J connectivity index is 1.16. The maximum Gasteiger partial charge on any atom is 0.430 e. The second kappa shape index (κ2) is 12.9. The number of alkyl halides is 6. The monoisotopic (exact) mass is 686 g/mol. The Kier molecular flexibility index (Phi) is 9.15. The van der Waals surface area contributed by atoms with Crippen molar-refractivity contribution in [1.29, 1.82) is 0 Å². The number of fused-ring (bicyclic) bond motifs is 1. The number of pyridine rings is 1. The first kappa shape index (κ1) is 33.4. The van der Waals surface area contributed by atoms with Crippen LogP contribution in [0.5, 0.6) is 5.88 Å². The maximum absolute atomic E-state index is 14.1. The summed E-state index contributed by atoms with van der Waals surface area (Å²) in [6.45, 7) is 2.44. The highest BCUT2D eigenvalue weighted by Crippen LogP contribution is 2.50. The van der Waals surface area contributed by atoms with Crippen LogP contribution in [0.15, 0.2) is 54.6 Å². The first-order valence-corrected chi connectivity index (χ1v) is 15.3. The molecule has 0 bridgehead atoms. The van der Waals surface area contributed by atoms with Gasteiger partial charge < -0.3 is 19.1 Å². The molecule has 1 atom stereocenters. The van der Waals surface area contributed by atoms with Crippen molar-refractivity contribution in [2.75, 3.05) is 19.7 Å². The van der Waals surface area contributed by atoms with E-state index in [-0.39, 0.29) is 29.2 Å². The largest absolute Gasteiger partial charge is 0.473 e. The van der Waals surface area contributed by atoms with E-state index >= 15 is 0 Å². The first-order chi connectivity index (χ1) is 22.2. The van der Waals surface area contributed by atoms with Crippen molar-refractivity contribution in [2.24, 2.45) is 0 Å². The van der Waals surface area contributed by atoms with Gasteiger partial charge in [-0.25, -0.2) is 14.4 Å². The van der Waals surface area contributed by atoms with Crippen LogP contribution < -0.4 is 4.74 Å². The molecule has 2 aromatic carbocycles. The number of hydrogen-bond donors (Lipinski definition) is 1. The topological polar surface area (TPSA) is 72.6 Å². The van der Waals surface area contributed by atoms with Gasteiger partial charge in [0.15, 0.2) is 0 Å². The molecule has 2 aliphatic rings. The summed E-state index contributed by atoms with van der Waals surface area (Å²) in [5, 5.41) is 10.2. The molecule has 2 aliphatic heterocycles. The molecule has 252 valence electrons. The molecular formula is C32H30ClF7N4O3. The summed E-state index contributed by atoms with van der Waals surface area (Å²) in [4.78, 5) is 11.2. The number of ether oxygens (including phenoxy) is 2. The molecule has 0 amide bonds. The Bertz CT molecular complexity index is 1720. The predicted octanol–water partition coefficient (Wildman–Crippen LogP) is 7.28. The normalized spacial score (nSPS) is 18.4. The zero-order chi connectivity index (χ0) is 33.6. The number of rotatable bonds is 9. The molecular weight excluding hydrogens is 657 g/mol. The van der Waals surface area contributed by atoms with E-state index in [4.69, 9.17) is 21.1 Å². The number of halogens is 8. The van der Waals surface area contributed by atoms with Gasteiger partial charge in [-0.3, -0.25) is 4.90 Å². The molecule has 0 saturated carbocycles. The molecule has 47 heavy (non-hydrogen) atoms. The van der Waals surface area contributed by atoms with Crippen molar-refractivity contribution < 1.29 is 45.3 Å². The minimum Gasteiger partial charge on any atom is -0.473 e. The average Bonchev–Trinajstić information content (AvgIpc) is 3.33. The first-order valence-electron chi connectivity index (χ1n) is 15.0. The summed E-state index contributed by atoms with van der Waals surface area (Å²) in [7, 11) is 0. The number of piperidine rings is 1. The Morgan fingerprint density at radius 3 is 2.30 bits per heavy atom. The second-order valence-electron chi connectivity index (χ2n) is 11.8. The van der Waals surface area contributed by atoms with Crippen LogP contribution in [-0.4, -0.2) is 62.7 Å². The predicted molar refractivity (Wildman–Crippen MR) is 157 cm³/mol. The summed E-state index contributed by atoms with van der Waals surface area (Å²) in [5.41, 5.74) is -4.96. The van der Waals surface area contributed by atoms with Gasteiger partial charge in [-0.05, 0) is 62.7 Å². The fraction of sp³-hybridized carbons (Fsp3) is 0.438. The van der Waals surface area contributed by atoms with Crippen molar-refractivity contribution in [2.45, 2.75) is 68.9 Å². The molecule has 2 aromatic heterocycles. The number of aliphatic hydroxyl groups is 1. The van der Waals surface area contributed by atoms with E-state index in [0.717, 1.165) is 31.0 Å². The summed E-state index contributed by atoms with van der Waals surface area (Å²) in [5.74, 6) is 0.457. The van der Waals surface area contributed by atoms with Gasteiger partial charge in [0.1, 0.15) is 18.2 Å². The third kappa shape index (κ3) is 6.78. The van der Waals surface area contributed by atoms with E-state index in [1.165, 1.54) is 6.07 Å². The van der Waals surface area contributed by atoms with Gasteiger partial charge in [-0.15, -0.1) is 0 Å². The zero-order valence-electron chi connectivity index (χ0n) is 24.8. The van der Waals surface area contributed by atoms with Gasteiger partial charge in [0, 0.05) is 40.4 Å². The van der Waals surface area contributed by atoms with Crippen LogP contribution in [-0.2, 0) is 30.0 Å². The van der Waals surface area contributed by atoms with Crippen molar-refractivity contribution in [3.8, 4) is 5.88 Å². The molecule has 1 N–H and O–H groups in total. The van der Waals surface area contributed by atoms with E-state index in [9.17, 15) is 35.8 Å². The Morgan fingerprint density at radius 2 is 1.66 bits per heavy atom. The van der Waals surface area contributed by atoms with Crippen LogP contribution in [0, 0.1) is 5.82 Å². The van der Waals surface area contributed by atoms with Gasteiger partial charge in [0.2, 0.25) is 5.88 Å². The average molecular weight is 687 g/mol. The lowest BCUT2D eigenvalue weighted by Crippen LogP contribution is -2.53. The molecule has 0 radical (unpaired) electrons. The lowest BCUT2D eigenvalue weighted by atomic mass is 9.92. The van der Waals surface area contributed by atoms with Gasteiger partial charge in [-0.2, -0.15) is 26.3 Å². The third-order valence-corrected chi connectivity index (χ3v) is 8.99. The summed E-state index contributed by atoms with van der Waals surface area (Å²) in [6, 6.07) is 12.2. The molecule has 6 rings (SSSR count). The van der Waals surface area contributed by atoms with Gasteiger partial charge >= 0.3 is 12.4 Å². The zero-order valence-corrected chi connectivity index (χ0v) is 25.5. The Morgan fingerprint density at radius 1 is 0.936 bits per heavy atom. The van der Waals surface area contributed by atoms with Gasteiger partial charge in [0.05, 0.1) is 30.2 Å². The van der Waals surface area contributed by atoms with Crippen molar-refractivity contribution >= 4 is 22.6 Å². The molecule has 0 spiro atoms. The molecule has 15 heteroatoms. The molecule has 4 heterocycles. The van der Waals surface area contributed by atoms with Crippen molar-refractivity contribution in [3.63, 3.8) is 0 Å². The van der Waals surface area contributed by atoms with E-state index in [0.29, 0.717) is 67.7 Å². The van der Waals surface area contributed by atoms with Crippen molar-refractivity contribution in [3.05, 3.63) is 88.1 Å². The van der Waals surface area contributed by atoms with Crippen LogP contribution >= 0.6 is 11.6 Å². The smallest absolute Gasteiger partial charge is 0.430 e. The highest BCUT2D eigenvalue weighted by molar-refractivity contribution is 6.30. The summed E-state index contributed by atoms with van der Waals surface area (Å²) >= 11 is 5.82. The van der Waals surface area contributed by atoms with Gasteiger partial charge in [-0.1, -0.05) is 29.8 Å². The number of aromatic nitrogens is 3. The molecule has 0 unspecified atom stereocenters. The number of benzene rings is 2. The van der Waals surface area contributed by atoms with E-state index in [1.807, 2.05) is 12.1 Å². The standard InChI is InChI=1S/C32H30ClF7N4O3/c33-22-6-4-20(24(34)15-22)18-47-29-3-1-2-25(42-29)19-8-11-43(12-9-19)17-28-41-26-14-21(30(45,31(35,36)37)32(38,39)40)5-7-27(26)44(28)16-23-10-13-46-23/h1-7,14-15,19,23,45H,8-13,16-18H2/t23-/m0/s1. The number of imidazole rings is 1.